The monoisotopic (exact) mass is 283 g/mol. The van der Waals surface area contributed by atoms with E-state index in [1.165, 1.54) is 0 Å². The third kappa shape index (κ3) is 2.61. The Morgan fingerprint density at radius 3 is 2.44 bits per heavy atom. The van der Waals surface area contributed by atoms with E-state index in [-0.39, 0.29) is 6.04 Å². The van der Waals surface area contributed by atoms with Crippen LogP contribution in [-0.4, -0.2) is 14.2 Å². The first-order chi connectivity index (χ1) is 8.65. The molecule has 0 saturated heterocycles. The summed E-state index contributed by atoms with van der Waals surface area (Å²) in [5.74, 6) is 1.54. The van der Waals surface area contributed by atoms with Gasteiger partial charge in [-0.05, 0) is 23.8 Å². The molecule has 0 fully saturated rings. The Hall–Kier alpha value is -1.23. The van der Waals surface area contributed by atoms with Gasteiger partial charge in [0, 0.05) is 15.3 Å². The molecule has 18 heavy (non-hydrogen) atoms. The zero-order valence-corrected chi connectivity index (χ0v) is 11.7. The largest absolute Gasteiger partial charge is 0.497 e. The van der Waals surface area contributed by atoms with E-state index in [9.17, 15) is 0 Å². The fourth-order valence-corrected chi connectivity index (χ4v) is 2.81. The molecule has 0 aliphatic rings. The molecule has 1 unspecified atom stereocenters. The Morgan fingerprint density at radius 1 is 1.17 bits per heavy atom. The highest BCUT2D eigenvalue weighted by Gasteiger charge is 2.15. The van der Waals surface area contributed by atoms with Crippen LogP contribution in [0.3, 0.4) is 0 Å². The molecule has 0 spiro atoms. The maximum absolute atomic E-state index is 6.21. The molecule has 0 bridgehead atoms. The zero-order chi connectivity index (χ0) is 13.1. The third-order valence-corrected chi connectivity index (χ3v) is 4.00. The van der Waals surface area contributed by atoms with Crippen LogP contribution in [0.4, 0.5) is 0 Å². The predicted octanol–water partition coefficient (Wildman–Crippen LogP) is 3.47. The van der Waals surface area contributed by atoms with Crippen LogP contribution in [0.1, 0.15) is 16.5 Å². The molecule has 0 amide bonds. The smallest absolute Gasteiger partial charge is 0.129 e. The summed E-state index contributed by atoms with van der Waals surface area (Å²) in [6.45, 7) is 0. The Morgan fingerprint density at radius 2 is 1.89 bits per heavy atom. The van der Waals surface area contributed by atoms with Gasteiger partial charge >= 0.3 is 0 Å². The number of benzene rings is 1. The van der Waals surface area contributed by atoms with Crippen LogP contribution in [-0.2, 0) is 0 Å². The molecule has 1 heterocycles. The number of rotatable bonds is 4. The summed E-state index contributed by atoms with van der Waals surface area (Å²) in [6.07, 6.45) is 0. The second-order valence-corrected chi connectivity index (χ2v) is 5.10. The van der Waals surface area contributed by atoms with E-state index in [2.05, 4.69) is 0 Å². The number of halogens is 1. The molecule has 2 N–H and O–H groups in total. The van der Waals surface area contributed by atoms with Crippen LogP contribution < -0.4 is 15.2 Å². The van der Waals surface area contributed by atoms with Crippen LogP contribution in [0.25, 0.3) is 0 Å². The second-order valence-electron chi connectivity index (χ2n) is 3.75. The quantitative estimate of drug-likeness (QED) is 0.934. The van der Waals surface area contributed by atoms with E-state index in [1.54, 1.807) is 31.6 Å². The summed E-state index contributed by atoms with van der Waals surface area (Å²) in [5.41, 5.74) is 7.08. The lowest BCUT2D eigenvalue weighted by Gasteiger charge is -2.12. The van der Waals surface area contributed by atoms with Crippen molar-refractivity contribution in [3.8, 4) is 11.5 Å². The number of thiophene rings is 1. The molecule has 3 nitrogen and oxygen atoms in total. The van der Waals surface area contributed by atoms with Crippen LogP contribution in [0, 0.1) is 0 Å². The van der Waals surface area contributed by atoms with Gasteiger partial charge in [-0.25, -0.2) is 0 Å². The molecule has 2 aromatic rings. The number of nitrogens with two attached hydrogens (primary N) is 1. The third-order valence-electron chi connectivity index (χ3n) is 2.68. The molecule has 1 aromatic carbocycles. The van der Waals surface area contributed by atoms with Gasteiger partial charge in [0.25, 0.3) is 0 Å². The minimum atomic E-state index is -0.252. The maximum atomic E-state index is 6.21. The van der Waals surface area contributed by atoms with E-state index < -0.39 is 0 Å². The number of hydrogen-bond donors (Lipinski definition) is 1. The van der Waals surface area contributed by atoms with E-state index in [1.807, 2.05) is 23.6 Å². The van der Waals surface area contributed by atoms with Crippen molar-refractivity contribution in [3.63, 3.8) is 0 Å². The molecular weight excluding hydrogens is 270 g/mol. The fourth-order valence-electron chi connectivity index (χ4n) is 1.64. The van der Waals surface area contributed by atoms with Crippen molar-refractivity contribution in [1.29, 1.82) is 0 Å². The SMILES string of the molecule is COc1csc(C(N)c2ccc(OC)cc2Cl)c1. The topological polar surface area (TPSA) is 44.5 Å². The molecule has 0 aliphatic heterocycles. The predicted molar refractivity (Wildman–Crippen MR) is 74.9 cm³/mol. The Kier molecular flexibility index (Phi) is 4.11. The van der Waals surface area contributed by atoms with Gasteiger partial charge in [-0.2, -0.15) is 0 Å². The van der Waals surface area contributed by atoms with Crippen molar-refractivity contribution >= 4 is 22.9 Å². The van der Waals surface area contributed by atoms with Crippen LogP contribution in [0.15, 0.2) is 29.6 Å². The first kappa shape index (κ1) is 13.2. The van der Waals surface area contributed by atoms with Gasteiger partial charge in [0.2, 0.25) is 0 Å². The summed E-state index contributed by atoms with van der Waals surface area (Å²) >= 11 is 7.76. The summed E-state index contributed by atoms with van der Waals surface area (Å²) in [5, 5.41) is 2.53. The summed E-state index contributed by atoms with van der Waals surface area (Å²) < 4.78 is 10.3. The van der Waals surface area contributed by atoms with Crippen molar-refractivity contribution in [2.45, 2.75) is 6.04 Å². The van der Waals surface area contributed by atoms with E-state index in [0.29, 0.717) is 5.02 Å². The molecule has 0 radical (unpaired) electrons. The summed E-state index contributed by atoms with van der Waals surface area (Å²) in [6, 6.07) is 7.18. The summed E-state index contributed by atoms with van der Waals surface area (Å²) in [7, 11) is 3.24. The molecule has 5 heteroatoms. The highest BCUT2D eigenvalue weighted by atomic mass is 35.5. The molecular formula is C13H14ClNO2S. The van der Waals surface area contributed by atoms with Gasteiger partial charge in [0.15, 0.2) is 0 Å². The number of hydrogen-bond acceptors (Lipinski definition) is 4. The lowest BCUT2D eigenvalue weighted by Crippen LogP contribution is -2.10. The molecule has 1 atom stereocenters. The zero-order valence-electron chi connectivity index (χ0n) is 10.1. The standard InChI is InChI=1S/C13H14ClNO2S/c1-16-8-3-4-10(11(14)5-8)13(15)12-6-9(17-2)7-18-12/h3-7,13H,15H2,1-2H3. The van der Waals surface area contributed by atoms with Gasteiger partial charge in [0.1, 0.15) is 11.5 Å². The first-order valence-electron chi connectivity index (χ1n) is 5.37. The van der Waals surface area contributed by atoms with Crippen molar-refractivity contribution in [3.05, 3.63) is 45.1 Å². The van der Waals surface area contributed by atoms with E-state index in [4.69, 9.17) is 26.8 Å². The van der Waals surface area contributed by atoms with E-state index in [0.717, 1.165) is 21.9 Å². The van der Waals surface area contributed by atoms with Crippen LogP contribution in [0.5, 0.6) is 11.5 Å². The van der Waals surface area contributed by atoms with Crippen LogP contribution >= 0.6 is 22.9 Å². The molecule has 1 aromatic heterocycles. The Bertz CT molecular complexity index is 542. The Labute approximate surface area is 115 Å². The number of methoxy groups -OCH3 is 2. The van der Waals surface area contributed by atoms with Crippen molar-refractivity contribution in [2.24, 2.45) is 5.73 Å². The molecule has 0 saturated carbocycles. The van der Waals surface area contributed by atoms with E-state index >= 15 is 0 Å². The van der Waals surface area contributed by atoms with Gasteiger partial charge in [0.05, 0.1) is 20.3 Å². The molecule has 96 valence electrons. The maximum Gasteiger partial charge on any atom is 0.129 e. The highest BCUT2D eigenvalue weighted by Crippen LogP contribution is 2.34. The lowest BCUT2D eigenvalue weighted by atomic mass is 10.1. The van der Waals surface area contributed by atoms with Crippen molar-refractivity contribution < 1.29 is 9.47 Å². The lowest BCUT2D eigenvalue weighted by molar-refractivity contribution is 0.414. The normalized spacial score (nSPS) is 12.2. The summed E-state index contributed by atoms with van der Waals surface area (Å²) in [4.78, 5) is 1.01. The van der Waals surface area contributed by atoms with Crippen molar-refractivity contribution in [1.82, 2.24) is 0 Å². The Balaban J connectivity index is 2.30. The fraction of sp³-hybridized carbons (Fsp3) is 0.231. The van der Waals surface area contributed by atoms with Crippen molar-refractivity contribution in [2.75, 3.05) is 14.2 Å². The minimum absolute atomic E-state index is 0.252. The van der Waals surface area contributed by atoms with Gasteiger partial charge < -0.3 is 15.2 Å². The second kappa shape index (κ2) is 5.61. The average molecular weight is 284 g/mol. The molecule has 0 aliphatic carbocycles. The van der Waals surface area contributed by atoms with Gasteiger partial charge in [-0.1, -0.05) is 17.7 Å². The van der Waals surface area contributed by atoms with Gasteiger partial charge in [-0.3, -0.25) is 0 Å². The van der Waals surface area contributed by atoms with Crippen LogP contribution in [0.2, 0.25) is 5.02 Å². The molecule has 2 rings (SSSR count). The average Bonchev–Trinajstić information content (AvgIpc) is 2.86. The first-order valence-corrected chi connectivity index (χ1v) is 6.63. The number of ether oxygens (including phenoxy) is 2. The highest BCUT2D eigenvalue weighted by molar-refractivity contribution is 7.10. The minimum Gasteiger partial charge on any atom is -0.497 e. The van der Waals surface area contributed by atoms with Gasteiger partial charge in [-0.15, -0.1) is 11.3 Å².